The van der Waals surface area contributed by atoms with Gasteiger partial charge in [-0.05, 0) is 39.7 Å². The summed E-state index contributed by atoms with van der Waals surface area (Å²) in [6.45, 7) is 6.67. The van der Waals surface area contributed by atoms with E-state index in [9.17, 15) is 4.79 Å². The van der Waals surface area contributed by atoms with Gasteiger partial charge in [0.05, 0.1) is 11.7 Å². The van der Waals surface area contributed by atoms with Crippen molar-refractivity contribution in [3.05, 3.63) is 40.7 Å². The van der Waals surface area contributed by atoms with E-state index in [4.69, 9.17) is 0 Å². The lowest BCUT2D eigenvalue weighted by Crippen LogP contribution is -2.32. The fourth-order valence-electron chi connectivity index (χ4n) is 3.71. The largest absolute Gasteiger partial charge is 0.329 e. The molecule has 1 amide bonds. The maximum Gasteiger partial charge on any atom is 0.294 e. The van der Waals surface area contributed by atoms with Crippen molar-refractivity contribution in [3.8, 4) is 0 Å². The van der Waals surface area contributed by atoms with E-state index in [1.165, 1.54) is 0 Å². The van der Waals surface area contributed by atoms with Crippen LogP contribution in [0.1, 0.15) is 52.1 Å². The number of nitrogens with zero attached hydrogens (tertiary/aromatic N) is 7. The summed E-state index contributed by atoms with van der Waals surface area (Å²) in [6, 6.07) is 1.87. The van der Waals surface area contributed by atoms with Crippen LogP contribution in [0, 0.1) is 20.8 Å². The van der Waals surface area contributed by atoms with Crippen LogP contribution in [0.15, 0.2) is 12.3 Å². The van der Waals surface area contributed by atoms with E-state index in [2.05, 4.69) is 20.2 Å². The third kappa shape index (κ3) is 2.40. The van der Waals surface area contributed by atoms with Crippen molar-refractivity contribution < 1.29 is 4.79 Å². The van der Waals surface area contributed by atoms with Crippen LogP contribution in [0.25, 0.3) is 5.78 Å². The number of likely N-dealkylation sites (tertiary alicyclic amines) is 1. The normalized spacial score (nSPS) is 17.6. The van der Waals surface area contributed by atoms with Gasteiger partial charge in [0, 0.05) is 36.7 Å². The van der Waals surface area contributed by atoms with E-state index in [-0.39, 0.29) is 17.8 Å². The molecule has 1 aliphatic rings. The van der Waals surface area contributed by atoms with Gasteiger partial charge in [0.15, 0.2) is 0 Å². The van der Waals surface area contributed by atoms with Gasteiger partial charge < -0.3 is 4.90 Å². The molecule has 1 saturated heterocycles. The number of aromatic nitrogens is 6. The monoisotopic (exact) mass is 339 g/mol. The summed E-state index contributed by atoms with van der Waals surface area (Å²) in [5.74, 6) is 0.510. The van der Waals surface area contributed by atoms with Gasteiger partial charge >= 0.3 is 0 Å². The highest BCUT2D eigenvalue weighted by atomic mass is 16.2. The molecule has 0 aromatic carbocycles. The van der Waals surface area contributed by atoms with Crippen molar-refractivity contribution in [2.45, 2.75) is 39.7 Å². The smallest absolute Gasteiger partial charge is 0.294 e. The number of carbonyl (C=O) groups excluding carboxylic acids is 1. The van der Waals surface area contributed by atoms with E-state index in [1.807, 2.05) is 43.5 Å². The van der Waals surface area contributed by atoms with Crippen molar-refractivity contribution in [3.63, 3.8) is 0 Å². The van der Waals surface area contributed by atoms with Gasteiger partial charge in [0.1, 0.15) is 0 Å². The van der Waals surface area contributed by atoms with Gasteiger partial charge in [-0.1, -0.05) is 0 Å². The number of carbonyl (C=O) groups is 1. The quantitative estimate of drug-likeness (QED) is 0.710. The maximum absolute atomic E-state index is 13.1. The molecule has 4 rings (SSSR count). The van der Waals surface area contributed by atoms with Crippen LogP contribution in [0.4, 0.5) is 0 Å². The summed E-state index contributed by atoms with van der Waals surface area (Å²) in [4.78, 5) is 23.5. The van der Waals surface area contributed by atoms with Gasteiger partial charge in [0.25, 0.3) is 11.7 Å². The van der Waals surface area contributed by atoms with Crippen LogP contribution in [0.5, 0.6) is 0 Å². The average molecular weight is 339 g/mol. The SMILES string of the molecule is Cc1nn(C)c(C)c1[C@@H]1CCCN1C(=O)c1nc2nccc(C)n2n1. The lowest BCUT2D eigenvalue weighted by atomic mass is 10.0. The Kier molecular flexibility index (Phi) is 3.55. The molecule has 3 aromatic heterocycles. The number of amides is 1. The van der Waals surface area contributed by atoms with Crippen LogP contribution in [-0.2, 0) is 7.05 Å². The summed E-state index contributed by atoms with van der Waals surface area (Å²) in [7, 11) is 1.94. The molecule has 8 nitrogen and oxygen atoms in total. The molecule has 0 aliphatic carbocycles. The van der Waals surface area contributed by atoms with E-state index in [0.717, 1.165) is 35.5 Å². The standard InChI is InChI=1S/C17H21N7O/c1-10-7-8-18-17-19-15(21-24(10)17)16(25)23-9-5-6-13(23)14-11(2)20-22(4)12(14)3/h7-8,13H,5-6,9H2,1-4H3/t13-/m0/s1. The summed E-state index contributed by atoms with van der Waals surface area (Å²) in [5, 5.41) is 8.87. The number of aryl methyl sites for hydroxylation is 3. The third-order valence-electron chi connectivity index (χ3n) is 5.03. The molecule has 25 heavy (non-hydrogen) atoms. The minimum Gasteiger partial charge on any atom is -0.329 e. The Balaban J connectivity index is 1.72. The molecule has 0 saturated carbocycles. The Bertz CT molecular complexity index is 971. The second-order valence-corrected chi connectivity index (χ2v) is 6.60. The molecule has 130 valence electrons. The molecule has 1 atom stereocenters. The van der Waals surface area contributed by atoms with Crippen LogP contribution in [-0.4, -0.2) is 46.7 Å². The third-order valence-corrected chi connectivity index (χ3v) is 5.03. The second kappa shape index (κ2) is 5.65. The molecule has 0 unspecified atom stereocenters. The Morgan fingerprint density at radius 2 is 2.04 bits per heavy atom. The fourth-order valence-corrected chi connectivity index (χ4v) is 3.71. The lowest BCUT2D eigenvalue weighted by Gasteiger charge is -2.24. The van der Waals surface area contributed by atoms with Crippen molar-refractivity contribution in [2.75, 3.05) is 6.54 Å². The number of fused-ring (bicyclic) bond motifs is 1. The van der Waals surface area contributed by atoms with Crippen LogP contribution in [0.2, 0.25) is 0 Å². The second-order valence-electron chi connectivity index (χ2n) is 6.60. The highest BCUT2D eigenvalue weighted by Crippen LogP contribution is 2.36. The minimum atomic E-state index is -0.143. The van der Waals surface area contributed by atoms with Crippen molar-refractivity contribution in [1.82, 2.24) is 34.3 Å². The van der Waals surface area contributed by atoms with Crippen LogP contribution < -0.4 is 0 Å². The van der Waals surface area contributed by atoms with Crippen molar-refractivity contribution >= 4 is 11.7 Å². The predicted octanol–water partition coefficient (Wildman–Crippen LogP) is 1.76. The van der Waals surface area contributed by atoms with Gasteiger partial charge in [-0.25, -0.2) is 9.50 Å². The molecular weight excluding hydrogens is 318 g/mol. The van der Waals surface area contributed by atoms with E-state index < -0.39 is 0 Å². The number of hydrogen-bond acceptors (Lipinski definition) is 5. The first kappa shape index (κ1) is 15.7. The Morgan fingerprint density at radius 3 is 2.72 bits per heavy atom. The van der Waals surface area contributed by atoms with Crippen molar-refractivity contribution in [2.24, 2.45) is 7.05 Å². The molecule has 1 fully saturated rings. The van der Waals surface area contributed by atoms with Gasteiger partial charge in [-0.15, -0.1) is 5.10 Å². The topological polar surface area (TPSA) is 81.2 Å². The zero-order valence-electron chi connectivity index (χ0n) is 14.9. The first-order valence-corrected chi connectivity index (χ1v) is 8.47. The first-order valence-electron chi connectivity index (χ1n) is 8.47. The van der Waals surface area contributed by atoms with Gasteiger partial charge in [-0.3, -0.25) is 9.48 Å². The highest BCUT2D eigenvalue weighted by Gasteiger charge is 2.35. The summed E-state index contributed by atoms with van der Waals surface area (Å²) in [5.41, 5.74) is 4.12. The fraction of sp³-hybridized carbons (Fsp3) is 0.471. The van der Waals surface area contributed by atoms with E-state index >= 15 is 0 Å². The molecular formula is C17H21N7O. The Labute approximate surface area is 145 Å². The predicted molar refractivity (Wildman–Crippen MR) is 91.2 cm³/mol. The molecule has 0 radical (unpaired) electrons. The number of rotatable bonds is 2. The lowest BCUT2D eigenvalue weighted by molar-refractivity contribution is 0.0723. The molecule has 4 heterocycles. The van der Waals surface area contributed by atoms with Crippen molar-refractivity contribution in [1.29, 1.82) is 0 Å². The van der Waals surface area contributed by atoms with Gasteiger partial charge in [-0.2, -0.15) is 10.1 Å². The molecule has 1 aliphatic heterocycles. The zero-order valence-corrected chi connectivity index (χ0v) is 14.9. The van der Waals surface area contributed by atoms with Crippen LogP contribution >= 0.6 is 0 Å². The molecule has 8 heteroatoms. The molecule has 0 N–H and O–H groups in total. The number of hydrogen-bond donors (Lipinski definition) is 0. The maximum atomic E-state index is 13.1. The van der Waals surface area contributed by atoms with E-state index in [0.29, 0.717) is 12.3 Å². The first-order chi connectivity index (χ1) is 12.0. The Morgan fingerprint density at radius 1 is 1.24 bits per heavy atom. The van der Waals surface area contributed by atoms with Gasteiger partial charge in [0.2, 0.25) is 5.82 Å². The molecule has 3 aromatic rings. The Hall–Kier alpha value is -2.77. The van der Waals surface area contributed by atoms with E-state index in [1.54, 1.807) is 10.7 Å². The molecule has 0 spiro atoms. The average Bonchev–Trinajstić information content (AvgIpc) is 3.26. The summed E-state index contributed by atoms with van der Waals surface area (Å²) < 4.78 is 3.49. The van der Waals surface area contributed by atoms with Crippen LogP contribution in [0.3, 0.4) is 0 Å². The summed E-state index contributed by atoms with van der Waals surface area (Å²) in [6.07, 6.45) is 3.58. The summed E-state index contributed by atoms with van der Waals surface area (Å²) >= 11 is 0. The minimum absolute atomic E-state index is 0.0295. The molecule has 0 bridgehead atoms. The highest BCUT2D eigenvalue weighted by molar-refractivity contribution is 5.91. The zero-order chi connectivity index (χ0) is 17.7.